The molecule has 1 amide bonds. The Hall–Kier alpha value is -2.20. The zero-order valence-corrected chi connectivity index (χ0v) is 13.4. The van der Waals surface area contributed by atoms with Crippen molar-refractivity contribution >= 4 is 5.91 Å². The smallest absolute Gasteiger partial charge is 0.224 e. The fourth-order valence-corrected chi connectivity index (χ4v) is 2.95. The number of ether oxygens (including phenoxy) is 1. The number of benzene rings is 1. The predicted molar refractivity (Wildman–Crippen MR) is 88.9 cm³/mol. The van der Waals surface area contributed by atoms with E-state index in [-0.39, 0.29) is 12.0 Å². The molecule has 2 atom stereocenters. The first kappa shape index (κ1) is 15.7. The van der Waals surface area contributed by atoms with Gasteiger partial charge < -0.3 is 10.1 Å². The normalized spacial score (nSPS) is 20.4. The van der Waals surface area contributed by atoms with Crippen LogP contribution in [0, 0.1) is 12.8 Å². The molecule has 4 heteroatoms. The number of carbonyl (C=O) groups excluding carboxylic acids is 1. The monoisotopic (exact) mass is 310 g/mol. The fraction of sp³-hybridized carbons (Fsp3) is 0.368. The van der Waals surface area contributed by atoms with Gasteiger partial charge in [0, 0.05) is 31.0 Å². The summed E-state index contributed by atoms with van der Waals surface area (Å²) in [7, 11) is 0. The maximum atomic E-state index is 12.1. The molecule has 1 saturated heterocycles. The van der Waals surface area contributed by atoms with Gasteiger partial charge in [0.25, 0.3) is 0 Å². The number of pyridine rings is 1. The van der Waals surface area contributed by atoms with Gasteiger partial charge in [0.05, 0.1) is 12.5 Å². The third-order valence-electron chi connectivity index (χ3n) is 4.24. The number of aromatic nitrogens is 1. The second-order valence-electron chi connectivity index (χ2n) is 6.04. The highest BCUT2D eigenvalue weighted by molar-refractivity contribution is 5.78. The highest BCUT2D eigenvalue weighted by Gasteiger charge is 2.29. The van der Waals surface area contributed by atoms with Crippen LogP contribution >= 0.6 is 0 Å². The maximum absolute atomic E-state index is 12.1. The lowest BCUT2D eigenvalue weighted by Gasteiger charge is -2.19. The van der Waals surface area contributed by atoms with Crippen LogP contribution in [0.3, 0.4) is 0 Å². The molecule has 0 aliphatic carbocycles. The van der Waals surface area contributed by atoms with E-state index in [1.807, 2.05) is 37.3 Å². The lowest BCUT2D eigenvalue weighted by atomic mass is 9.95. The number of hydrogen-bond donors (Lipinski definition) is 1. The van der Waals surface area contributed by atoms with Crippen molar-refractivity contribution in [3.8, 4) is 0 Å². The molecule has 0 saturated carbocycles. The van der Waals surface area contributed by atoms with E-state index in [9.17, 15) is 4.79 Å². The third kappa shape index (κ3) is 4.17. The molecule has 1 aromatic heterocycles. The van der Waals surface area contributed by atoms with Crippen LogP contribution in [0.15, 0.2) is 48.7 Å². The number of hydrogen-bond acceptors (Lipinski definition) is 3. The maximum Gasteiger partial charge on any atom is 0.224 e. The number of rotatable bonds is 5. The molecule has 23 heavy (non-hydrogen) atoms. The van der Waals surface area contributed by atoms with Gasteiger partial charge >= 0.3 is 0 Å². The van der Waals surface area contributed by atoms with Crippen LogP contribution in [0.5, 0.6) is 0 Å². The first-order valence-electron chi connectivity index (χ1n) is 8.07. The lowest BCUT2D eigenvalue weighted by molar-refractivity contribution is -0.120. The van der Waals surface area contributed by atoms with E-state index in [0.717, 1.165) is 24.3 Å². The van der Waals surface area contributed by atoms with Crippen molar-refractivity contribution in [2.75, 3.05) is 13.2 Å². The Balaban J connectivity index is 1.53. The highest BCUT2D eigenvalue weighted by atomic mass is 16.5. The summed E-state index contributed by atoms with van der Waals surface area (Å²) in [4.78, 5) is 16.3. The summed E-state index contributed by atoms with van der Waals surface area (Å²) in [5.74, 6) is 0.367. The van der Waals surface area contributed by atoms with Gasteiger partial charge in [0.1, 0.15) is 0 Å². The van der Waals surface area contributed by atoms with Gasteiger partial charge in [-0.05, 0) is 30.5 Å². The molecule has 0 spiro atoms. The van der Waals surface area contributed by atoms with Gasteiger partial charge in [-0.2, -0.15) is 0 Å². The Morgan fingerprint density at radius 2 is 2.09 bits per heavy atom. The Bertz CT molecular complexity index is 640. The molecule has 3 rings (SSSR count). The number of amides is 1. The SMILES string of the molecule is Cc1ccc(CC(=O)NC[C@@H]2CCO[C@H]2c2ccccc2)cn1. The average Bonchev–Trinajstić information content (AvgIpc) is 3.04. The molecule has 1 aliphatic heterocycles. The highest BCUT2D eigenvalue weighted by Crippen LogP contribution is 2.33. The summed E-state index contributed by atoms with van der Waals surface area (Å²) in [6.07, 6.45) is 3.20. The van der Waals surface area contributed by atoms with E-state index >= 15 is 0 Å². The zero-order chi connectivity index (χ0) is 16.1. The Morgan fingerprint density at radius 3 is 2.83 bits per heavy atom. The number of nitrogens with one attached hydrogen (secondary N) is 1. The van der Waals surface area contributed by atoms with Crippen LogP contribution in [-0.4, -0.2) is 24.0 Å². The lowest BCUT2D eigenvalue weighted by Crippen LogP contribution is -2.31. The average molecular weight is 310 g/mol. The number of aryl methyl sites for hydroxylation is 1. The van der Waals surface area contributed by atoms with Gasteiger partial charge in [-0.1, -0.05) is 36.4 Å². The summed E-state index contributed by atoms with van der Waals surface area (Å²) in [5, 5.41) is 3.04. The zero-order valence-electron chi connectivity index (χ0n) is 13.4. The van der Waals surface area contributed by atoms with Crippen molar-refractivity contribution in [1.82, 2.24) is 10.3 Å². The molecular formula is C19H22N2O2. The first-order valence-corrected chi connectivity index (χ1v) is 8.07. The summed E-state index contributed by atoms with van der Waals surface area (Å²) in [6.45, 7) is 3.34. The standard InChI is InChI=1S/C19H22N2O2/c1-14-7-8-15(12-20-14)11-18(22)21-13-17-9-10-23-19(17)16-5-3-2-4-6-16/h2-8,12,17,19H,9-11,13H2,1H3,(H,21,22)/t17-,19-/m0/s1. The molecule has 2 aromatic rings. The second kappa shape index (κ2) is 7.38. The number of nitrogens with zero attached hydrogens (tertiary/aromatic N) is 1. The molecule has 120 valence electrons. The molecule has 1 aliphatic rings. The van der Waals surface area contributed by atoms with Crippen molar-refractivity contribution in [2.45, 2.75) is 25.9 Å². The Morgan fingerprint density at radius 1 is 1.26 bits per heavy atom. The van der Waals surface area contributed by atoms with Crippen molar-refractivity contribution in [3.05, 3.63) is 65.5 Å². The van der Waals surface area contributed by atoms with Crippen molar-refractivity contribution < 1.29 is 9.53 Å². The van der Waals surface area contributed by atoms with Gasteiger partial charge in [-0.15, -0.1) is 0 Å². The second-order valence-corrected chi connectivity index (χ2v) is 6.04. The van der Waals surface area contributed by atoms with Gasteiger partial charge in [0.2, 0.25) is 5.91 Å². The summed E-state index contributed by atoms with van der Waals surface area (Å²) < 4.78 is 5.85. The van der Waals surface area contributed by atoms with E-state index < -0.39 is 0 Å². The molecule has 0 bridgehead atoms. The molecule has 4 nitrogen and oxygen atoms in total. The van der Waals surface area contributed by atoms with E-state index in [2.05, 4.69) is 22.4 Å². The predicted octanol–water partition coefficient (Wildman–Crippen LogP) is 2.83. The van der Waals surface area contributed by atoms with E-state index in [0.29, 0.717) is 18.9 Å². The molecule has 1 aromatic carbocycles. The minimum Gasteiger partial charge on any atom is -0.373 e. The van der Waals surface area contributed by atoms with E-state index in [1.54, 1.807) is 6.20 Å². The molecule has 0 unspecified atom stereocenters. The topological polar surface area (TPSA) is 51.2 Å². The van der Waals surface area contributed by atoms with Gasteiger partial charge in [-0.25, -0.2) is 0 Å². The molecular weight excluding hydrogens is 288 g/mol. The van der Waals surface area contributed by atoms with Crippen LogP contribution in [0.4, 0.5) is 0 Å². The van der Waals surface area contributed by atoms with Crippen molar-refractivity contribution in [2.24, 2.45) is 5.92 Å². The number of carbonyl (C=O) groups is 1. The molecule has 2 heterocycles. The van der Waals surface area contributed by atoms with Crippen LogP contribution in [0.1, 0.15) is 29.3 Å². The summed E-state index contributed by atoms with van der Waals surface area (Å²) in [6, 6.07) is 14.1. The summed E-state index contributed by atoms with van der Waals surface area (Å²) >= 11 is 0. The van der Waals surface area contributed by atoms with Crippen molar-refractivity contribution in [3.63, 3.8) is 0 Å². The minimum atomic E-state index is 0.0364. The first-order chi connectivity index (χ1) is 11.2. The largest absolute Gasteiger partial charge is 0.373 e. The van der Waals surface area contributed by atoms with Crippen molar-refractivity contribution in [1.29, 1.82) is 0 Å². The fourth-order valence-electron chi connectivity index (χ4n) is 2.95. The molecule has 1 N–H and O–H groups in total. The van der Waals surface area contributed by atoms with Gasteiger partial charge in [0.15, 0.2) is 0 Å². The van der Waals surface area contributed by atoms with E-state index in [1.165, 1.54) is 5.56 Å². The van der Waals surface area contributed by atoms with Crippen LogP contribution in [-0.2, 0) is 16.0 Å². The molecule has 0 radical (unpaired) electrons. The van der Waals surface area contributed by atoms with Crippen LogP contribution in [0.25, 0.3) is 0 Å². The molecule has 1 fully saturated rings. The van der Waals surface area contributed by atoms with Crippen LogP contribution < -0.4 is 5.32 Å². The minimum absolute atomic E-state index is 0.0364. The Kier molecular flexibility index (Phi) is 5.03. The van der Waals surface area contributed by atoms with E-state index in [4.69, 9.17) is 4.74 Å². The Labute approximate surface area is 136 Å². The third-order valence-corrected chi connectivity index (χ3v) is 4.24. The summed E-state index contributed by atoms with van der Waals surface area (Å²) in [5.41, 5.74) is 3.09. The quantitative estimate of drug-likeness (QED) is 0.924. The van der Waals surface area contributed by atoms with Crippen LogP contribution in [0.2, 0.25) is 0 Å². The van der Waals surface area contributed by atoms with Gasteiger partial charge in [-0.3, -0.25) is 9.78 Å².